The molecule has 0 saturated heterocycles. The lowest BCUT2D eigenvalue weighted by Gasteiger charge is -1.88. The first kappa shape index (κ1) is 7.80. The number of aliphatic hydroxyl groups is 1. The second-order valence-electron chi connectivity index (χ2n) is 3.54. The zero-order valence-electron chi connectivity index (χ0n) is 7.37. The van der Waals surface area contributed by atoms with Crippen LogP contribution < -0.4 is 0 Å². The zero-order valence-corrected chi connectivity index (χ0v) is 7.37. The maximum atomic E-state index is 8.87. The highest BCUT2D eigenvalue weighted by Crippen LogP contribution is 2.46. The molecule has 1 aliphatic rings. The van der Waals surface area contributed by atoms with Crippen molar-refractivity contribution in [3.63, 3.8) is 0 Å². The standard InChI is InChI=1S/C9H13NO2/c1-5-3-7(5)9-10-6(2)8(4-11)12-9/h5,7,11H,3-4H2,1-2H3. The number of rotatable bonds is 2. The Morgan fingerprint density at radius 1 is 1.67 bits per heavy atom. The number of aryl methyl sites for hydroxylation is 1. The minimum atomic E-state index is -0.0417. The second-order valence-corrected chi connectivity index (χ2v) is 3.54. The van der Waals surface area contributed by atoms with Gasteiger partial charge in [0, 0.05) is 5.92 Å². The van der Waals surface area contributed by atoms with Crippen molar-refractivity contribution >= 4 is 0 Å². The molecule has 1 N–H and O–H groups in total. The minimum Gasteiger partial charge on any atom is -0.443 e. The SMILES string of the molecule is Cc1nc(C2CC2C)oc1CO. The van der Waals surface area contributed by atoms with Gasteiger partial charge in [-0.05, 0) is 19.3 Å². The first-order chi connectivity index (χ1) is 5.72. The third kappa shape index (κ3) is 1.14. The van der Waals surface area contributed by atoms with Gasteiger partial charge in [0.05, 0.1) is 5.69 Å². The Bertz CT molecular complexity index is 293. The lowest BCUT2D eigenvalue weighted by atomic mass is 10.3. The topological polar surface area (TPSA) is 46.3 Å². The van der Waals surface area contributed by atoms with E-state index in [0.29, 0.717) is 17.6 Å². The largest absolute Gasteiger partial charge is 0.443 e. The molecule has 0 amide bonds. The summed E-state index contributed by atoms with van der Waals surface area (Å²) in [6, 6.07) is 0. The van der Waals surface area contributed by atoms with Gasteiger partial charge < -0.3 is 9.52 Å². The molecule has 12 heavy (non-hydrogen) atoms. The van der Waals surface area contributed by atoms with Gasteiger partial charge in [-0.2, -0.15) is 0 Å². The molecule has 0 aromatic carbocycles. The quantitative estimate of drug-likeness (QED) is 0.727. The third-order valence-electron chi connectivity index (χ3n) is 2.48. The summed E-state index contributed by atoms with van der Waals surface area (Å²) in [4.78, 5) is 4.27. The van der Waals surface area contributed by atoms with Crippen LogP contribution >= 0.6 is 0 Å². The van der Waals surface area contributed by atoms with Crippen LogP contribution in [-0.2, 0) is 6.61 Å². The predicted octanol–water partition coefficient (Wildman–Crippen LogP) is 1.60. The van der Waals surface area contributed by atoms with Gasteiger partial charge in [0.2, 0.25) is 0 Å². The van der Waals surface area contributed by atoms with Gasteiger partial charge in [-0.3, -0.25) is 0 Å². The van der Waals surface area contributed by atoms with Crippen molar-refractivity contribution in [1.82, 2.24) is 4.98 Å². The monoisotopic (exact) mass is 167 g/mol. The Labute approximate surface area is 71.4 Å². The van der Waals surface area contributed by atoms with E-state index in [4.69, 9.17) is 9.52 Å². The summed E-state index contributed by atoms with van der Waals surface area (Å²) in [6.45, 7) is 4.01. The van der Waals surface area contributed by atoms with Crippen molar-refractivity contribution in [2.24, 2.45) is 5.92 Å². The van der Waals surface area contributed by atoms with E-state index in [1.165, 1.54) is 6.42 Å². The number of nitrogens with zero attached hydrogens (tertiary/aromatic N) is 1. The molecule has 0 aliphatic heterocycles. The molecule has 2 rings (SSSR count). The van der Waals surface area contributed by atoms with Crippen molar-refractivity contribution in [2.75, 3.05) is 0 Å². The Morgan fingerprint density at radius 2 is 2.33 bits per heavy atom. The molecule has 1 saturated carbocycles. The van der Waals surface area contributed by atoms with Crippen LogP contribution in [0, 0.1) is 12.8 Å². The van der Waals surface area contributed by atoms with Gasteiger partial charge in [-0.1, -0.05) is 6.92 Å². The summed E-state index contributed by atoms with van der Waals surface area (Å²) in [6.07, 6.45) is 1.17. The molecule has 0 spiro atoms. The molecule has 66 valence electrons. The first-order valence-electron chi connectivity index (χ1n) is 4.29. The average Bonchev–Trinajstić information content (AvgIpc) is 2.63. The van der Waals surface area contributed by atoms with E-state index in [1.54, 1.807) is 0 Å². The highest BCUT2D eigenvalue weighted by Gasteiger charge is 2.38. The lowest BCUT2D eigenvalue weighted by molar-refractivity contribution is 0.242. The van der Waals surface area contributed by atoms with Crippen LogP contribution in [0.15, 0.2) is 4.42 Å². The van der Waals surface area contributed by atoms with Crippen LogP contribution in [0.25, 0.3) is 0 Å². The van der Waals surface area contributed by atoms with Crippen molar-refractivity contribution in [3.05, 3.63) is 17.3 Å². The van der Waals surface area contributed by atoms with E-state index in [9.17, 15) is 0 Å². The Kier molecular flexibility index (Phi) is 1.68. The molecule has 1 aromatic rings. The van der Waals surface area contributed by atoms with Crippen LogP contribution in [0.1, 0.15) is 36.6 Å². The maximum Gasteiger partial charge on any atom is 0.198 e. The summed E-state index contributed by atoms with van der Waals surface area (Å²) < 4.78 is 5.40. The predicted molar refractivity (Wildman–Crippen MR) is 43.7 cm³/mol. The van der Waals surface area contributed by atoms with E-state index in [2.05, 4.69) is 11.9 Å². The third-order valence-corrected chi connectivity index (χ3v) is 2.48. The highest BCUT2D eigenvalue weighted by molar-refractivity contribution is 5.13. The summed E-state index contributed by atoms with van der Waals surface area (Å²) >= 11 is 0. The van der Waals surface area contributed by atoms with Crippen LogP contribution in [0.2, 0.25) is 0 Å². The highest BCUT2D eigenvalue weighted by atomic mass is 16.4. The van der Waals surface area contributed by atoms with E-state index in [1.807, 2.05) is 6.92 Å². The normalized spacial score (nSPS) is 27.6. The summed E-state index contributed by atoms with van der Waals surface area (Å²) in [5.41, 5.74) is 0.826. The number of hydrogen-bond acceptors (Lipinski definition) is 3. The number of oxazole rings is 1. The van der Waals surface area contributed by atoms with Crippen LogP contribution in [0.3, 0.4) is 0 Å². The van der Waals surface area contributed by atoms with Crippen molar-refractivity contribution in [1.29, 1.82) is 0 Å². The fraction of sp³-hybridized carbons (Fsp3) is 0.667. The van der Waals surface area contributed by atoms with Crippen LogP contribution in [0.4, 0.5) is 0 Å². The lowest BCUT2D eigenvalue weighted by Crippen LogP contribution is -1.81. The smallest absolute Gasteiger partial charge is 0.198 e. The maximum absolute atomic E-state index is 8.87. The molecular weight excluding hydrogens is 154 g/mol. The molecule has 1 aliphatic carbocycles. The number of hydrogen-bond donors (Lipinski definition) is 1. The van der Waals surface area contributed by atoms with Gasteiger partial charge in [0.25, 0.3) is 0 Å². The van der Waals surface area contributed by atoms with Gasteiger partial charge in [0.15, 0.2) is 11.7 Å². The Hall–Kier alpha value is -0.830. The van der Waals surface area contributed by atoms with Crippen molar-refractivity contribution < 1.29 is 9.52 Å². The Morgan fingerprint density at radius 3 is 2.75 bits per heavy atom. The molecular formula is C9H13NO2. The molecule has 3 heteroatoms. The van der Waals surface area contributed by atoms with E-state index < -0.39 is 0 Å². The zero-order chi connectivity index (χ0) is 8.72. The average molecular weight is 167 g/mol. The molecule has 1 fully saturated rings. The second kappa shape index (κ2) is 2.59. The van der Waals surface area contributed by atoms with Gasteiger partial charge in [0.1, 0.15) is 6.61 Å². The molecule has 0 bridgehead atoms. The van der Waals surface area contributed by atoms with Crippen molar-refractivity contribution in [2.45, 2.75) is 32.8 Å². The summed E-state index contributed by atoms with van der Waals surface area (Å²) in [5, 5.41) is 8.87. The van der Waals surface area contributed by atoms with Gasteiger partial charge >= 0.3 is 0 Å². The molecule has 1 heterocycles. The van der Waals surface area contributed by atoms with Gasteiger partial charge in [-0.25, -0.2) is 4.98 Å². The fourth-order valence-electron chi connectivity index (χ4n) is 1.42. The van der Waals surface area contributed by atoms with E-state index in [0.717, 1.165) is 11.6 Å². The van der Waals surface area contributed by atoms with Crippen molar-refractivity contribution in [3.8, 4) is 0 Å². The molecule has 0 radical (unpaired) electrons. The minimum absolute atomic E-state index is 0.0417. The van der Waals surface area contributed by atoms with E-state index in [-0.39, 0.29) is 6.61 Å². The van der Waals surface area contributed by atoms with Crippen LogP contribution in [-0.4, -0.2) is 10.1 Å². The number of aliphatic hydroxyl groups excluding tert-OH is 1. The van der Waals surface area contributed by atoms with E-state index >= 15 is 0 Å². The molecule has 2 atom stereocenters. The number of aromatic nitrogens is 1. The molecule has 2 unspecified atom stereocenters. The summed E-state index contributed by atoms with van der Waals surface area (Å²) in [5.74, 6) is 2.63. The first-order valence-corrected chi connectivity index (χ1v) is 4.29. The fourth-order valence-corrected chi connectivity index (χ4v) is 1.42. The van der Waals surface area contributed by atoms with Crippen LogP contribution in [0.5, 0.6) is 0 Å². The molecule has 1 aromatic heterocycles. The Balaban J connectivity index is 2.23. The summed E-state index contributed by atoms with van der Waals surface area (Å²) in [7, 11) is 0. The molecule has 3 nitrogen and oxygen atoms in total. The van der Waals surface area contributed by atoms with Gasteiger partial charge in [-0.15, -0.1) is 0 Å².